The Morgan fingerprint density at radius 2 is 2.20 bits per heavy atom. The van der Waals surface area contributed by atoms with Gasteiger partial charge in [0.1, 0.15) is 17.9 Å². The zero-order chi connectivity index (χ0) is 10.8. The van der Waals surface area contributed by atoms with E-state index in [9.17, 15) is 4.79 Å². The number of carbonyl (C=O) groups is 1. The first-order chi connectivity index (χ1) is 7.18. The summed E-state index contributed by atoms with van der Waals surface area (Å²) in [5.41, 5.74) is 1.46. The number of anilines is 1. The summed E-state index contributed by atoms with van der Waals surface area (Å²) in [5.74, 6) is -0.889. The quantitative estimate of drug-likeness (QED) is 0.807. The Morgan fingerprint density at radius 3 is 2.93 bits per heavy atom. The molecule has 0 aliphatic rings. The lowest BCUT2D eigenvalue weighted by atomic mass is 10.2. The highest BCUT2D eigenvalue weighted by molar-refractivity contribution is 5.92. The molecule has 15 heavy (non-hydrogen) atoms. The first kappa shape index (κ1) is 9.58. The predicted octanol–water partition coefficient (Wildman–Crippen LogP) is 2.32. The largest absolute Gasteiger partial charge is 0.480 e. The van der Waals surface area contributed by atoms with Crippen LogP contribution < -0.4 is 5.32 Å². The molecule has 0 saturated carbocycles. The van der Waals surface area contributed by atoms with E-state index in [-0.39, 0.29) is 0 Å². The zero-order valence-corrected chi connectivity index (χ0v) is 8.23. The minimum absolute atomic E-state index is 0.633. The maximum absolute atomic E-state index is 10.7. The van der Waals surface area contributed by atoms with E-state index in [1.807, 2.05) is 24.3 Å². The van der Waals surface area contributed by atoms with Crippen molar-refractivity contribution in [3.8, 4) is 0 Å². The average molecular weight is 205 g/mol. The minimum Gasteiger partial charge on any atom is -0.480 e. The average Bonchev–Trinajstić information content (AvgIpc) is 2.62. The van der Waals surface area contributed by atoms with Gasteiger partial charge in [0.15, 0.2) is 0 Å². The van der Waals surface area contributed by atoms with Crippen molar-refractivity contribution in [2.45, 2.75) is 13.0 Å². The number of hydrogen-bond donors (Lipinski definition) is 2. The molecule has 2 N–H and O–H groups in total. The third-order valence-corrected chi connectivity index (χ3v) is 2.22. The second kappa shape index (κ2) is 3.65. The summed E-state index contributed by atoms with van der Waals surface area (Å²) in [5, 5.41) is 12.5. The molecule has 0 aliphatic carbocycles. The molecule has 4 nitrogen and oxygen atoms in total. The Morgan fingerprint density at radius 1 is 1.47 bits per heavy atom. The lowest BCUT2D eigenvalue weighted by Crippen LogP contribution is -2.25. The third-order valence-electron chi connectivity index (χ3n) is 2.22. The van der Waals surface area contributed by atoms with Gasteiger partial charge in [-0.15, -0.1) is 0 Å². The number of benzene rings is 1. The molecule has 78 valence electrons. The molecule has 0 aliphatic heterocycles. The molecule has 2 rings (SSSR count). The summed E-state index contributed by atoms with van der Waals surface area (Å²) in [6.07, 6.45) is 1.53. The number of nitrogens with one attached hydrogen (secondary N) is 1. The van der Waals surface area contributed by atoms with E-state index in [1.165, 1.54) is 6.26 Å². The van der Waals surface area contributed by atoms with Gasteiger partial charge in [0.05, 0.1) is 5.69 Å². The van der Waals surface area contributed by atoms with Crippen molar-refractivity contribution in [1.29, 1.82) is 0 Å². The molecule has 1 atom stereocenters. The summed E-state index contributed by atoms with van der Waals surface area (Å²) in [4.78, 5) is 10.7. The molecule has 2 aromatic rings. The van der Waals surface area contributed by atoms with Crippen molar-refractivity contribution in [3.63, 3.8) is 0 Å². The van der Waals surface area contributed by atoms with Crippen LogP contribution in [-0.4, -0.2) is 17.1 Å². The molecule has 1 aromatic heterocycles. The van der Waals surface area contributed by atoms with Gasteiger partial charge in [0.25, 0.3) is 0 Å². The van der Waals surface area contributed by atoms with Gasteiger partial charge in [-0.3, -0.25) is 4.79 Å². The predicted molar refractivity (Wildman–Crippen MR) is 56.9 cm³/mol. The highest BCUT2D eigenvalue weighted by Gasteiger charge is 2.13. The fourth-order valence-corrected chi connectivity index (χ4v) is 1.38. The van der Waals surface area contributed by atoms with Crippen LogP contribution in [-0.2, 0) is 4.79 Å². The standard InChI is InChI=1S/C11H11NO3/c1-7(11(13)14)12-9-6-15-10-5-3-2-4-8(9)10/h2-7,12H,1H3,(H,13,14). The summed E-state index contributed by atoms with van der Waals surface area (Å²) in [6, 6.07) is 6.85. The SMILES string of the molecule is CC(Nc1coc2ccccc12)C(=O)O. The normalized spacial score (nSPS) is 12.6. The summed E-state index contributed by atoms with van der Waals surface area (Å²) < 4.78 is 5.27. The number of fused-ring (bicyclic) bond motifs is 1. The van der Waals surface area contributed by atoms with Crippen LogP contribution in [0.5, 0.6) is 0 Å². The number of rotatable bonds is 3. The van der Waals surface area contributed by atoms with E-state index in [0.717, 1.165) is 11.0 Å². The monoisotopic (exact) mass is 205 g/mol. The zero-order valence-electron chi connectivity index (χ0n) is 8.23. The van der Waals surface area contributed by atoms with Crippen LogP contribution in [0.1, 0.15) is 6.92 Å². The van der Waals surface area contributed by atoms with E-state index in [2.05, 4.69) is 5.32 Å². The second-order valence-corrected chi connectivity index (χ2v) is 3.35. The molecule has 0 bridgehead atoms. The molecule has 0 radical (unpaired) electrons. The van der Waals surface area contributed by atoms with Gasteiger partial charge >= 0.3 is 5.97 Å². The Hall–Kier alpha value is -1.97. The molecule has 0 fully saturated rings. The van der Waals surface area contributed by atoms with Crippen molar-refractivity contribution >= 4 is 22.6 Å². The number of furan rings is 1. The van der Waals surface area contributed by atoms with Gasteiger partial charge in [-0.05, 0) is 19.1 Å². The van der Waals surface area contributed by atoms with Gasteiger partial charge in [-0.1, -0.05) is 12.1 Å². The van der Waals surface area contributed by atoms with E-state index < -0.39 is 12.0 Å². The highest BCUT2D eigenvalue weighted by atomic mass is 16.4. The molecule has 0 spiro atoms. The van der Waals surface area contributed by atoms with Gasteiger partial charge < -0.3 is 14.8 Å². The van der Waals surface area contributed by atoms with Crippen molar-refractivity contribution in [3.05, 3.63) is 30.5 Å². The van der Waals surface area contributed by atoms with Crippen LogP contribution in [0, 0.1) is 0 Å². The van der Waals surface area contributed by atoms with Gasteiger partial charge in [0.2, 0.25) is 0 Å². The van der Waals surface area contributed by atoms with Crippen LogP contribution in [0.25, 0.3) is 11.0 Å². The van der Waals surface area contributed by atoms with Crippen LogP contribution >= 0.6 is 0 Å². The number of para-hydroxylation sites is 1. The molecule has 1 heterocycles. The summed E-state index contributed by atoms with van der Waals surface area (Å²) in [6.45, 7) is 1.59. The number of carboxylic acids is 1. The van der Waals surface area contributed by atoms with Crippen molar-refractivity contribution < 1.29 is 14.3 Å². The molecule has 0 saturated heterocycles. The molecule has 1 unspecified atom stereocenters. The Kier molecular flexibility index (Phi) is 2.33. The molecular formula is C11H11NO3. The summed E-state index contributed by atoms with van der Waals surface area (Å²) in [7, 11) is 0. The van der Waals surface area contributed by atoms with Crippen LogP contribution in [0.15, 0.2) is 34.9 Å². The lowest BCUT2D eigenvalue weighted by molar-refractivity contribution is -0.137. The smallest absolute Gasteiger partial charge is 0.325 e. The van der Waals surface area contributed by atoms with Gasteiger partial charge in [-0.25, -0.2) is 0 Å². The topological polar surface area (TPSA) is 62.5 Å². The molecule has 0 amide bonds. The van der Waals surface area contributed by atoms with Crippen LogP contribution in [0.4, 0.5) is 5.69 Å². The fraction of sp³-hybridized carbons (Fsp3) is 0.182. The highest BCUT2D eigenvalue weighted by Crippen LogP contribution is 2.25. The molecular weight excluding hydrogens is 194 g/mol. The number of aliphatic carboxylic acids is 1. The lowest BCUT2D eigenvalue weighted by Gasteiger charge is -2.08. The maximum atomic E-state index is 10.7. The minimum atomic E-state index is -0.889. The van der Waals surface area contributed by atoms with E-state index in [0.29, 0.717) is 5.69 Å². The Labute approximate surface area is 86.5 Å². The Balaban J connectivity index is 2.32. The number of carboxylic acid groups (broad SMARTS) is 1. The van der Waals surface area contributed by atoms with E-state index in [1.54, 1.807) is 6.92 Å². The fourth-order valence-electron chi connectivity index (χ4n) is 1.38. The van der Waals surface area contributed by atoms with E-state index in [4.69, 9.17) is 9.52 Å². The third kappa shape index (κ3) is 1.79. The van der Waals surface area contributed by atoms with Crippen LogP contribution in [0.2, 0.25) is 0 Å². The van der Waals surface area contributed by atoms with Gasteiger partial charge in [0, 0.05) is 5.39 Å². The second-order valence-electron chi connectivity index (χ2n) is 3.35. The maximum Gasteiger partial charge on any atom is 0.325 e. The number of hydrogen-bond acceptors (Lipinski definition) is 3. The van der Waals surface area contributed by atoms with Crippen molar-refractivity contribution in [2.75, 3.05) is 5.32 Å². The van der Waals surface area contributed by atoms with Crippen LogP contribution in [0.3, 0.4) is 0 Å². The first-order valence-electron chi connectivity index (χ1n) is 4.64. The summed E-state index contributed by atoms with van der Waals surface area (Å²) >= 11 is 0. The van der Waals surface area contributed by atoms with E-state index >= 15 is 0 Å². The Bertz CT molecular complexity index is 489. The van der Waals surface area contributed by atoms with Gasteiger partial charge in [-0.2, -0.15) is 0 Å². The van der Waals surface area contributed by atoms with Crippen molar-refractivity contribution in [2.24, 2.45) is 0 Å². The first-order valence-corrected chi connectivity index (χ1v) is 4.64. The molecule has 4 heteroatoms. The van der Waals surface area contributed by atoms with Crippen molar-refractivity contribution in [1.82, 2.24) is 0 Å². The molecule has 1 aromatic carbocycles.